The van der Waals surface area contributed by atoms with Crippen LogP contribution in [0.1, 0.15) is 38.2 Å². The highest BCUT2D eigenvalue weighted by Gasteiger charge is 2.41. The second-order valence-electron chi connectivity index (χ2n) is 7.76. The second kappa shape index (κ2) is 9.80. The molecule has 2 N–H and O–H groups in total. The number of rotatable bonds is 8. The molecule has 0 saturated heterocycles. The maximum absolute atomic E-state index is 13.4. The summed E-state index contributed by atoms with van der Waals surface area (Å²) in [5.41, 5.74) is 1.47. The summed E-state index contributed by atoms with van der Waals surface area (Å²) in [6.07, 6.45) is 0.576. The molecule has 10 heteroatoms. The number of methoxy groups -OCH3 is 1. The fourth-order valence-corrected chi connectivity index (χ4v) is 3.65. The predicted molar refractivity (Wildman–Crippen MR) is 114 cm³/mol. The quantitative estimate of drug-likeness (QED) is 0.605. The van der Waals surface area contributed by atoms with Crippen molar-refractivity contribution in [1.29, 1.82) is 0 Å². The van der Waals surface area contributed by atoms with E-state index in [2.05, 4.69) is 15.0 Å². The third-order valence-electron chi connectivity index (χ3n) is 5.35. The van der Waals surface area contributed by atoms with Crippen LogP contribution in [-0.2, 0) is 4.79 Å². The molecule has 1 aliphatic rings. The van der Waals surface area contributed by atoms with E-state index in [0.717, 1.165) is 5.56 Å². The number of amides is 2. The SMILES string of the molecule is COc1ccc(NC(=O)N(c2ccccc2C(C)C)C2CC(C(=O)O)C2)c(OC(F)F)n1. The van der Waals surface area contributed by atoms with Crippen LogP contribution in [0.5, 0.6) is 11.8 Å². The van der Waals surface area contributed by atoms with Crippen molar-refractivity contribution >= 4 is 23.4 Å². The molecule has 1 fully saturated rings. The largest absolute Gasteiger partial charge is 0.481 e. The number of nitrogens with one attached hydrogen (secondary N) is 1. The lowest BCUT2D eigenvalue weighted by Gasteiger charge is -2.42. The number of aromatic nitrogens is 1. The Balaban J connectivity index is 1.94. The number of ether oxygens (including phenoxy) is 2. The molecule has 0 aliphatic heterocycles. The molecule has 1 heterocycles. The van der Waals surface area contributed by atoms with Crippen molar-refractivity contribution in [2.45, 2.75) is 45.3 Å². The number of hydrogen-bond acceptors (Lipinski definition) is 5. The molecule has 172 valence electrons. The van der Waals surface area contributed by atoms with Crippen LogP contribution >= 0.6 is 0 Å². The molecule has 32 heavy (non-hydrogen) atoms. The van der Waals surface area contributed by atoms with Crippen LogP contribution in [0, 0.1) is 5.92 Å². The Morgan fingerprint density at radius 2 is 1.88 bits per heavy atom. The average Bonchev–Trinajstić information content (AvgIpc) is 2.70. The average molecular weight is 449 g/mol. The fourth-order valence-electron chi connectivity index (χ4n) is 3.65. The molecule has 3 rings (SSSR count). The van der Waals surface area contributed by atoms with Crippen molar-refractivity contribution in [2.75, 3.05) is 17.3 Å². The van der Waals surface area contributed by atoms with Gasteiger partial charge in [-0.05, 0) is 36.5 Å². The zero-order valence-electron chi connectivity index (χ0n) is 17.9. The lowest BCUT2D eigenvalue weighted by molar-refractivity contribution is -0.145. The number of halogens is 2. The topological polar surface area (TPSA) is 101 Å². The normalized spacial score (nSPS) is 17.6. The third-order valence-corrected chi connectivity index (χ3v) is 5.35. The molecule has 1 aromatic carbocycles. The fraction of sp³-hybridized carbons (Fsp3) is 0.409. The van der Waals surface area contributed by atoms with Crippen molar-refractivity contribution in [1.82, 2.24) is 4.98 Å². The number of pyridine rings is 1. The maximum Gasteiger partial charge on any atom is 0.388 e. The molecular formula is C22H25F2N3O5. The Kier molecular flexibility index (Phi) is 7.12. The molecule has 0 radical (unpaired) electrons. The zero-order valence-corrected chi connectivity index (χ0v) is 17.9. The van der Waals surface area contributed by atoms with Crippen LogP contribution in [0.3, 0.4) is 0 Å². The van der Waals surface area contributed by atoms with Crippen molar-refractivity contribution in [3.8, 4) is 11.8 Å². The summed E-state index contributed by atoms with van der Waals surface area (Å²) in [6.45, 7) is 0.820. The summed E-state index contributed by atoms with van der Waals surface area (Å²) in [5, 5.41) is 11.9. The minimum absolute atomic E-state index is 0.0453. The lowest BCUT2D eigenvalue weighted by Crippen LogP contribution is -2.51. The first kappa shape index (κ1) is 23.2. The first-order valence-corrected chi connectivity index (χ1v) is 10.1. The van der Waals surface area contributed by atoms with Gasteiger partial charge in [0.1, 0.15) is 5.69 Å². The predicted octanol–water partition coefficient (Wildman–Crippen LogP) is 4.72. The van der Waals surface area contributed by atoms with Gasteiger partial charge in [-0.15, -0.1) is 0 Å². The van der Waals surface area contributed by atoms with Gasteiger partial charge in [-0.3, -0.25) is 9.69 Å². The number of urea groups is 1. The summed E-state index contributed by atoms with van der Waals surface area (Å²) in [6, 6.07) is 9.13. The minimum Gasteiger partial charge on any atom is -0.481 e. The smallest absolute Gasteiger partial charge is 0.388 e. The third kappa shape index (κ3) is 5.06. The Labute approximate surface area is 184 Å². The van der Waals surface area contributed by atoms with Crippen molar-refractivity contribution in [3.63, 3.8) is 0 Å². The standard InChI is InChI=1S/C22H25F2N3O5/c1-12(2)15-6-4-5-7-17(15)27(14-10-13(11-14)20(28)29)22(30)25-16-8-9-18(31-3)26-19(16)32-21(23)24/h4-9,12-14,21H,10-11H2,1-3H3,(H,25,30)(H,28,29). The van der Waals surface area contributed by atoms with Crippen molar-refractivity contribution in [3.05, 3.63) is 42.0 Å². The van der Waals surface area contributed by atoms with Gasteiger partial charge in [0.2, 0.25) is 11.8 Å². The van der Waals surface area contributed by atoms with E-state index >= 15 is 0 Å². The van der Waals surface area contributed by atoms with Crippen LogP contribution in [0.4, 0.5) is 25.0 Å². The van der Waals surface area contributed by atoms with Crippen molar-refractivity contribution < 1.29 is 33.0 Å². The van der Waals surface area contributed by atoms with Crippen molar-refractivity contribution in [2.24, 2.45) is 5.92 Å². The van der Waals surface area contributed by atoms with Gasteiger partial charge in [0, 0.05) is 17.8 Å². The molecule has 8 nitrogen and oxygen atoms in total. The van der Waals surface area contributed by atoms with Gasteiger partial charge in [0.05, 0.1) is 13.0 Å². The number of aliphatic carboxylic acids is 1. The number of alkyl halides is 2. The molecule has 0 unspecified atom stereocenters. The van der Waals surface area contributed by atoms with E-state index in [0.29, 0.717) is 5.69 Å². The summed E-state index contributed by atoms with van der Waals surface area (Å²) >= 11 is 0. The van der Waals surface area contributed by atoms with Crippen LogP contribution in [0.25, 0.3) is 0 Å². The number of carboxylic acid groups (broad SMARTS) is 1. The number of carbonyl (C=O) groups is 2. The van der Waals surface area contributed by atoms with Gasteiger partial charge >= 0.3 is 18.6 Å². The van der Waals surface area contributed by atoms with E-state index in [9.17, 15) is 23.5 Å². The van der Waals surface area contributed by atoms with E-state index < -0.39 is 30.4 Å². The van der Waals surface area contributed by atoms with Crippen LogP contribution in [0.2, 0.25) is 0 Å². The van der Waals surface area contributed by atoms with E-state index in [1.807, 2.05) is 26.0 Å². The molecular weight excluding hydrogens is 424 g/mol. The van der Waals surface area contributed by atoms with Gasteiger partial charge in [-0.25, -0.2) is 4.79 Å². The number of nitrogens with zero attached hydrogens (tertiary/aromatic N) is 2. The Morgan fingerprint density at radius 3 is 2.47 bits per heavy atom. The monoisotopic (exact) mass is 449 g/mol. The summed E-state index contributed by atoms with van der Waals surface area (Å²) < 4.78 is 35.1. The van der Waals surface area contributed by atoms with E-state index in [1.165, 1.54) is 24.1 Å². The second-order valence-corrected chi connectivity index (χ2v) is 7.76. The molecule has 2 amide bonds. The molecule has 1 saturated carbocycles. The van der Waals surface area contributed by atoms with Gasteiger partial charge in [-0.1, -0.05) is 32.0 Å². The van der Waals surface area contributed by atoms with Crippen LogP contribution in [-0.4, -0.2) is 41.9 Å². The molecule has 0 atom stereocenters. The summed E-state index contributed by atoms with van der Waals surface area (Å²) in [7, 11) is 1.33. The number of anilines is 2. The van der Waals surface area contributed by atoms with Crippen LogP contribution in [0.15, 0.2) is 36.4 Å². The van der Waals surface area contributed by atoms with E-state index in [1.54, 1.807) is 12.1 Å². The van der Waals surface area contributed by atoms with Crippen LogP contribution < -0.4 is 19.7 Å². The van der Waals surface area contributed by atoms with Gasteiger partial charge in [0.25, 0.3) is 0 Å². The zero-order chi connectivity index (χ0) is 23.4. The Morgan fingerprint density at radius 1 is 1.19 bits per heavy atom. The highest BCUT2D eigenvalue weighted by Crippen LogP contribution is 2.38. The molecule has 2 aromatic rings. The van der Waals surface area contributed by atoms with Gasteiger partial charge in [-0.2, -0.15) is 13.8 Å². The van der Waals surface area contributed by atoms with Gasteiger partial charge < -0.3 is 19.9 Å². The maximum atomic E-state index is 13.4. The number of para-hydroxylation sites is 1. The van der Waals surface area contributed by atoms with E-state index in [4.69, 9.17) is 4.74 Å². The highest BCUT2D eigenvalue weighted by atomic mass is 19.3. The number of hydrogen-bond donors (Lipinski definition) is 2. The summed E-state index contributed by atoms with van der Waals surface area (Å²) in [5.74, 6) is -1.80. The number of carboxylic acids is 1. The Hall–Kier alpha value is -3.43. The first-order valence-electron chi connectivity index (χ1n) is 10.1. The first-order chi connectivity index (χ1) is 15.2. The lowest BCUT2D eigenvalue weighted by atomic mass is 9.79. The highest BCUT2D eigenvalue weighted by molar-refractivity contribution is 6.03. The minimum atomic E-state index is -3.15. The Bertz CT molecular complexity index is 980. The number of benzene rings is 1. The molecule has 1 aromatic heterocycles. The molecule has 0 spiro atoms. The molecule has 0 bridgehead atoms. The van der Waals surface area contributed by atoms with E-state index in [-0.39, 0.29) is 36.4 Å². The summed E-state index contributed by atoms with van der Waals surface area (Å²) in [4.78, 5) is 30.0. The van der Waals surface area contributed by atoms with Gasteiger partial charge in [0.15, 0.2) is 0 Å². The number of carbonyl (C=O) groups excluding carboxylic acids is 1. The molecule has 1 aliphatic carbocycles.